The predicted octanol–water partition coefficient (Wildman–Crippen LogP) is 3.65. The van der Waals surface area contributed by atoms with Gasteiger partial charge < -0.3 is 15.2 Å². The van der Waals surface area contributed by atoms with Crippen LogP contribution in [0.3, 0.4) is 0 Å². The van der Waals surface area contributed by atoms with Crippen molar-refractivity contribution in [2.45, 2.75) is 26.3 Å². The number of nitrogens with one attached hydrogen (secondary N) is 1. The van der Waals surface area contributed by atoms with Crippen LogP contribution in [0.5, 0.6) is 5.75 Å². The molecular weight excluding hydrogens is 317 g/mol. The maximum atomic E-state index is 13.5. The van der Waals surface area contributed by atoms with Crippen molar-refractivity contribution in [2.24, 2.45) is 5.92 Å². The Bertz CT molecular complexity index is 442. The van der Waals surface area contributed by atoms with E-state index in [1.54, 1.807) is 19.1 Å². The molecule has 0 spiro atoms. The summed E-state index contributed by atoms with van der Waals surface area (Å²) in [6, 6.07) is 4.45. The van der Waals surface area contributed by atoms with Crippen molar-refractivity contribution in [3.63, 3.8) is 0 Å². The lowest BCUT2D eigenvalue weighted by atomic mass is 10.0. The van der Waals surface area contributed by atoms with Crippen LogP contribution in [-0.4, -0.2) is 23.8 Å². The minimum atomic E-state index is -1.04. The normalized spacial score (nSPS) is 13.7. The molecule has 0 aromatic heterocycles. The number of carbonyl (C=O) groups is 1. The highest BCUT2D eigenvalue weighted by atomic mass is 79.9. The van der Waals surface area contributed by atoms with Crippen LogP contribution in [0.2, 0.25) is 0 Å². The van der Waals surface area contributed by atoms with Gasteiger partial charge in [-0.1, -0.05) is 22.9 Å². The molecule has 0 saturated carbocycles. The topological polar surface area (TPSA) is 58.6 Å². The second-order valence-electron chi connectivity index (χ2n) is 4.58. The Balaban J connectivity index is 2.41. The SMILES string of the molecule is CC(COc1ccc(Br)cc1F)CC(C)NC(=O)O. The third-order valence-corrected chi connectivity index (χ3v) is 3.04. The van der Waals surface area contributed by atoms with Gasteiger partial charge in [0.1, 0.15) is 0 Å². The molecule has 0 aliphatic carbocycles. The van der Waals surface area contributed by atoms with Gasteiger partial charge in [0, 0.05) is 10.5 Å². The number of amides is 1. The monoisotopic (exact) mass is 333 g/mol. The van der Waals surface area contributed by atoms with Crippen molar-refractivity contribution in [3.8, 4) is 5.75 Å². The molecular formula is C13H17BrFNO3. The minimum absolute atomic E-state index is 0.116. The third kappa shape index (κ3) is 5.92. The molecule has 2 atom stereocenters. The summed E-state index contributed by atoms with van der Waals surface area (Å²) in [4.78, 5) is 10.5. The van der Waals surface area contributed by atoms with E-state index in [9.17, 15) is 9.18 Å². The molecule has 0 radical (unpaired) electrons. The fourth-order valence-corrected chi connectivity index (χ4v) is 2.10. The molecule has 1 rings (SSSR count). The number of benzene rings is 1. The lowest BCUT2D eigenvalue weighted by Gasteiger charge is -2.18. The largest absolute Gasteiger partial charge is 0.490 e. The average molecular weight is 334 g/mol. The summed E-state index contributed by atoms with van der Waals surface area (Å²) in [6.07, 6.45) is -0.413. The molecule has 2 unspecified atom stereocenters. The number of carboxylic acid groups (broad SMARTS) is 1. The van der Waals surface area contributed by atoms with Crippen LogP contribution >= 0.6 is 15.9 Å². The number of ether oxygens (including phenoxy) is 1. The van der Waals surface area contributed by atoms with Gasteiger partial charge in [0.2, 0.25) is 0 Å². The lowest BCUT2D eigenvalue weighted by molar-refractivity contribution is 0.185. The summed E-state index contributed by atoms with van der Waals surface area (Å²) in [5, 5.41) is 10.9. The average Bonchev–Trinajstić information content (AvgIpc) is 2.26. The molecule has 19 heavy (non-hydrogen) atoms. The molecule has 1 aromatic rings. The molecule has 2 N–H and O–H groups in total. The van der Waals surface area contributed by atoms with Gasteiger partial charge in [0.05, 0.1) is 6.61 Å². The van der Waals surface area contributed by atoms with E-state index in [1.165, 1.54) is 6.07 Å². The summed E-state index contributed by atoms with van der Waals surface area (Å²) in [5.74, 6) is -0.0999. The molecule has 1 amide bonds. The Hall–Kier alpha value is -1.30. The summed E-state index contributed by atoms with van der Waals surface area (Å²) in [5.41, 5.74) is 0. The van der Waals surface area contributed by atoms with Gasteiger partial charge in [-0.3, -0.25) is 0 Å². The second kappa shape index (κ2) is 7.33. The molecule has 1 aromatic carbocycles. The van der Waals surface area contributed by atoms with Crippen LogP contribution in [0, 0.1) is 11.7 Å². The molecule has 4 nitrogen and oxygen atoms in total. The van der Waals surface area contributed by atoms with E-state index in [4.69, 9.17) is 9.84 Å². The summed E-state index contributed by atoms with van der Waals surface area (Å²) < 4.78 is 19.5. The van der Waals surface area contributed by atoms with E-state index in [0.29, 0.717) is 17.5 Å². The van der Waals surface area contributed by atoms with Crippen LogP contribution in [0.25, 0.3) is 0 Å². The Morgan fingerprint density at radius 1 is 1.53 bits per heavy atom. The van der Waals surface area contributed by atoms with E-state index in [-0.39, 0.29) is 17.7 Å². The highest BCUT2D eigenvalue weighted by molar-refractivity contribution is 9.10. The quantitative estimate of drug-likeness (QED) is 0.835. The summed E-state index contributed by atoms with van der Waals surface area (Å²) in [6.45, 7) is 4.05. The van der Waals surface area contributed by atoms with Gasteiger partial charge >= 0.3 is 6.09 Å². The van der Waals surface area contributed by atoms with Crippen molar-refractivity contribution >= 4 is 22.0 Å². The van der Waals surface area contributed by atoms with Crippen molar-refractivity contribution in [1.29, 1.82) is 0 Å². The zero-order valence-electron chi connectivity index (χ0n) is 10.8. The third-order valence-electron chi connectivity index (χ3n) is 2.54. The van der Waals surface area contributed by atoms with Crippen LogP contribution < -0.4 is 10.1 Å². The Morgan fingerprint density at radius 3 is 2.79 bits per heavy atom. The Kier molecular flexibility index (Phi) is 6.08. The first-order chi connectivity index (χ1) is 8.88. The smallest absolute Gasteiger partial charge is 0.404 e. The van der Waals surface area contributed by atoms with Crippen molar-refractivity contribution < 1.29 is 19.0 Å². The molecule has 106 valence electrons. The first kappa shape index (κ1) is 15.8. The maximum Gasteiger partial charge on any atom is 0.404 e. The predicted molar refractivity (Wildman–Crippen MR) is 74.0 cm³/mol. The lowest BCUT2D eigenvalue weighted by Crippen LogP contribution is -2.33. The number of rotatable bonds is 6. The van der Waals surface area contributed by atoms with E-state index < -0.39 is 11.9 Å². The summed E-state index contributed by atoms with van der Waals surface area (Å²) in [7, 11) is 0. The first-order valence-electron chi connectivity index (χ1n) is 5.95. The molecule has 0 saturated heterocycles. The molecule has 0 heterocycles. The summed E-state index contributed by atoms with van der Waals surface area (Å²) >= 11 is 3.17. The second-order valence-corrected chi connectivity index (χ2v) is 5.49. The number of halogens is 2. The van der Waals surface area contributed by atoms with Gasteiger partial charge in [-0.15, -0.1) is 0 Å². The van der Waals surface area contributed by atoms with E-state index >= 15 is 0 Å². The van der Waals surface area contributed by atoms with Crippen LogP contribution in [-0.2, 0) is 0 Å². The van der Waals surface area contributed by atoms with Crippen LogP contribution in [0.15, 0.2) is 22.7 Å². The van der Waals surface area contributed by atoms with Gasteiger partial charge in [-0.25, -0.2) is 9.18 Å². The zero-order chi connectivity index (χ0) is 14.4. The van der Waals surface area contributed by atoms with Gasteiger partial charge in [0.25, 0.3) is 0 Å². The highest BCUT2D eigenvalue weighted by Gasteiger charge is 2.12. The molecule has 0 bridgehead atoms. The zero-order valence-corrected chi connectivity index (χ0v) is 12.4. The van der Waals surface area contributed by atoms with Crippen molar-refractivity contribution in [3.05, 3.63) is 28.5 Å². The van der Waals surface area contributed by atoms with Crippen molar-refractivity contribution in [1.82, 2.24) is 5.32 Å². The van der Waals surface area contributed by atoms with E-state index in [1.807, 2.05) is 6.92 Å². The minimum Gasteiger partial charge on any atom is -0.490 e. The Morgan fingerprint density at radius 2 is 2.21 bits per heavy atom. The fourth-order valence-electron chi connectivity index (χ4n) is 1.77. The molecule has 0 fully saturated rings. The van der Waals surface area contributed by atoms with Gasteiger partial charge in [-0.2, -0.15) is 0 Å². The van der Waals surface area contributed by atoms with Crippen LogP contribution in [0.1, 0.15) is 20.3 Å². The van der Waals surface area contributed by atoms with Gasteiger partial charge in [-0.05, 0) is 37.5 Å². The fraction of sp³-hybridized carbons (Fsp3) is 0.462. The van der Waals surface area contributed by atoms with Crippen LogP contribution in [0.4, 0.5) is 9.18 Å². The molecule has 0 aliphatic rings. The maximum absolute atomic E-state index is 13.5. The van der Waals surface area contributed by atoms with Crippen molar-refractivity contribution in [2.75, 3.05) is 6.61 Å². The highest BCUT2D eigenvalue weighted by Crippen LogP contribution is 2.22. The molecule has 0 aliphatic heterocycles. The first-order valence-corrected chi connectivity index (χ1v) is 6.75. The Labute approximate surface area is 120 Å². The standard InChI is InChI=1S/C13H17BrFNO3/c1-8(5-9(2)16-13(17)18)7-19-12-4-3-10(14)6-11(12)15/h3-4,6,8-9,16H,5,7H2,1-2H3,(H,17,18). The van der Waals surface area contributed by atoms with E-state index in [0.717, 1.165) is 0 Å². The molecule has 6 heteroatoms. The van der Waals surface area contributed by atoms with Gasteiger partial charge in [0.15, 0.2) is 11.6 Å². The number of hydrogen-bond acceptors (Lipinski definition) is 2. The number of hydrogen-bond donors (Lipinski definition) is 2. The van der Waals surface area contributed by atoms with E-state index in [2.05, 4.69) is 21.2 Å².